The average molecular weight is 414 g/mol. The summed E-state index contributed by atoms with van der Waals surface area (Å²) >= 11 is 5.77. The molecule has 0 unspecified atom stereocenters. The Labute approximate surface area is 172 Å². The van der Waals surface area contributed by atoms with Crippen LogP contribution in [0.25, 0.3) is 5.69 Å². The Morgan fingerprint density at radius 1 is 1.21 bits per heavy atom. The molecule has 0 spiro atoms. The molecule has 9 heteroatoms. The molecule has 2 heterocycles. The minimum absolute atomic E-state index is 0.146. The summed E-state index contributed by atoms with van der Waals surface area (Å²) in [6.07, 6.45) is 3.33. The van der Waals surface area contributed by atoms with Crippen LogP contribution in [0.5, 0.6) is 0 Å². The maximum atomic E-state index is 12.6. The van der Waals surface area contributed by atoms with Crippen molar-refractivity contribution < 1.29 is 14.7 Å². The first kappa shape index (κ1) is 20.3. The number of hydrogen-bond acceptors (Lipinski definition) is 4. The van der Waals surface area contributed by atoms with Gasteiger partial charge in [-0.2, -0.15) is 0 Å². The van der Waals surface area contributed by atoms with E-state index in [1.165, 1.54) is 27.9 Å². The highest BCUT2D eigenvalue weighted by Gasteiger charge is 2.23. The molecule has 0 atom stereocenters. The van der Waals surface area contributed by atoms with Crippen molar-refractivity contribution in [3.63, 3.8) is 0 Å². The second kappa shape index (κ2) is 9.20. The van der Waals surface area contributed by atoms with Gasteiger partial charge in [0.05, 0.1) is 17.4 Å². The number of benzene rings is 1. The van der Waals surface area contributed by atoms with E-state index in [0.29, 0.717) is 12.1 Å². The molecule has 3 rings (SSSR count). The summed E-state index contributed by atoms with van der Waals surface area (Å²) in [6.45, 7) is 2.27. The Kier molecular flexibility index (Phi) is 6.46. The van der Waals surface area contributed by atoms with Crippen LogP contribution in [0.1, 0.15) is 30.1 Å². The van der Waals surface area contributed by atoms with Gasteiger partial charge in [-0.3, -0.25) is 9.69 Å². The van der Waals surface area contributed by atoms with E-state index in [0.717, 1.165) is 12.1 Å². The number of carboxylic acid groups (broad SMARTS) is 1. The highest BCUT2D eigenvalue weighted by molar-refractivity contribution is 6.29. The second-order valence-corrected chi connectivity index (χ2v) is 6.64. The number of pyridine rings is 1. The fourth-order valence-corrected chi connectivity index (χ4v) is 2.80. The van der Waals surface area contributed by atoms with Crippen molar-refractivity contribution in [1.29, 1.82) is 0 Å². The van der Waals surface area contributed by atoms with Crippen molar-refractivity contribution in [2.24, 2.45) is 0 Å². The Balaban J connectivity index is 1.98. The minimum Gasteiger partial charge on any atom is -0.465 e. The second-order valence-electron chi connectivity index (χ2n) is 6.25. The summed E-state index contributed by atoms with van der Waals surface area (Å²) in [4.78, 5) is 29.6. The fraction of sp³-hybridized carbons (Fsp3) is 0.200. The zero-order chi connectivity index (χ0) is 20.8. The molecular weight excluding hydrogens is 394 g/mol. The average Bonchev–Trinajstić information content (AvgIpc) is 3.12. The molecule has 2 N–H and O–H groups in total. The van der Waals surface area contributed by atoms with Crippen LogP contribution in [0.3, 0.4) is 0 Å². The van der Waals surface area contributed by atoms with Crippen LogP contribution in [0.4, 0.5) is 16.3 Å². The lowest BCUT2D eigenvalue weighted by Gasteiger charge is -2.18. The van der Waals surface area contributed by atoms with E-state index in [4.69, 9.17) is 11.6 Å². The van der Waals surface area contributed by atoms with Gasteiger partial charge in [0.25, 0.3) is 5.91 Å². The van der Waals surface area contributed by atoms with E-state index in [1.807, 2.05) is 37.3 Å². The van der Waals surface area contributed by atoms with Crippen LogP contribution in [0, 0.1) is 0 Å². The predicted octanol–water partition coefficient (Wildman–Crippen LogP) is 4.46. The van der Waals surface area contributed by atoms with Crippen LogP contribution in [0.2, 0.25) is 5.15 Å². The highest BCUT2D eigenvalue weighted by atomic mass is 35.5. The quantitative estimate of drug-likeness (QED) is 0.557. The van der Waals surface area contributed by atoms with Crippen LogP contribution >= 0.6 is 11.6 Å². The number of aromatic nitrogens is 3. The molecule has 0 aliphatic heterocycles. The third-order valence-electron chi connectivity index (χ3n) is 4.19. The van der Waals surface area contributed by atoms with Crippen LogP contribution in [0.15, 0.2) is 54.9 Å². The molecule has 0 aliphatic rings. The van der Waals surface area contributed by atoms with Gasteiger partial charge in [0.15, 0.2) is 5.82 Å². The smallest absolute Gasteiger partial charge is 0.411 e. The number of carbonyl (C=O) groups is 2. The van der Waals surface area contributed by atoms with Gasteiger partial charge < -0.3 is 10.4 Å². The lowest BCUT2D eigenvalue weighted by atomic mass is 10.2. The van der Waals surface area contributed by atoms with Gasteiger partial charge in [0.1, 0.15) is 10.8 Å². The molecule has 0 aliphatic carbocycles. The molecule has 0 saturated heterocycles. The number of rotatable bonds is 7. The summed E-state index contributed by atoms with van der Waals surface area (Å²) < 4.78 is 1.53. The lowest BCUT2D eigenvalue weighted by Crippen LogP contribution is -2.31. The lowest BCUT2D eigenvalue weighted by molar-refractivity contribution is 0.102. The zero-order valence-corrected chi connectivity index (χ0v) is 16.5. The van der Waals surface area contributed by atoms with Crippen LogP contribution in [-0.4, -0.2) is 38.4 Å². The summed E-state index contributed by atoms with van der Waals surface area (Å²) in [5.41, 5.74) is 1.32. The Hall–Kier alpha value is -3.39. The summed E-state index contributed by atoms with van der Waals surface area (Å²) in [5, 5.41) is 17.1. The van der Waals surface area contributed by atoms with Crippen molar-refractivity contribution in [2.45, 2.75) is 19.8 Å². The number of halogens is 1. The van der Waals surface area contributed by atoms with Crippen molar-refractivity contribution in [3.8, 4) is 5.69 Å². The third kappa shape index (κ3) is 4.91. The Bertz CT molecular complexity index is 989. The standard InChI is InChI=1S/C20H20ClN5O3/c1-2-3-11-25(20(28)29)16-13-26(15-7-5-4-6-8-15)24-18(16)23-19(27)14-9-10-17(21)22-12-14/h4-10,12-13H,2-3,11H2,1H3,(H,28,29)(H,23,24,27). The molecule has 0 radical (unpaired) electrons. The van der Waals surface area contributed by atoms with Gasteiger partial charge in [-0.15, -0.1) is 5.10 Å². The van der Waals surface area contributed by atoms with Crippen molar-refractivity contribution in [2.75, 3.05) is 16.8 Å². The van der Waals surface area contributed by atoms with E-state index < -0.39 is 12.0 Å². The molecular formula is C20H20ClN5O3. The van der Waals surface area contributed by atoms with E-state index in [9.17, 15) is 14.7 Å². The normalized spacial score (nSPS) is 10.6. The van der Waals surface area contributed by atoms with Crippen LogP contribution in [-0.2, 0) is 0 Å². The number of nitrogens with zero attached hydrogens (tertiary/aromatic N) is 4. The number of para-hydroxylation sites is 1. The molecule has 0 bridgehead atoms. The molecule has 2 amide bonds. The van der Waals surface area contributed by atoms with Gasteiger partial charge in [-0.25, -0.2) is 14.5 Å². The zero-order valence-electron chi connectivity index (χ0n) is 15.7. The first-order valence-corrected chi connectivity index (χ1v) is 9.46. The Morgan fingerprint density at radius 3 is 2.59 bits per heavy atom. The first-order valence-electron chi connectivity index (χ1n) is 9.08. The molecule has 2 aromatic heterocycles. The monoisotopic (exact) mass is 413 g/mol. The molecule has 0 fully saturated rings. The topological polar surface area (TPSA) is 100 Å². The van der Waals surface area contributed by atoms with E-state index >= 15 is 0 Å². The van der Waals surface area contributed by atoms with Gasteiger partial charge in [0, 0.05) is 12.7 Å². The van der Waals surface area contributed by atoms with Gasteiger partial charge in [-0.05, 0) is 30.7 Å². The third-order valence-corrected chi connectivity index (χ3v) is 4.42. The number of amides is 2. The summed E-state index contributed by atoms with van der Waals surface area (Å²) in [7, 11) is 0. The Morgan fingerprint density at radius 2 is 1.97 bits per heavy atom. The number of hydrogen-bond donors (Lipinski definition) is 2. The van der Waals surface area contributed by atoms with Crippen molar-refractivity contribution in [3.05, 3.63) is 65.6 Å². The summed E-state index contributed by atoms with van der Waals surface area (Å²) in [5.74, 6) is -0.318. The molecule has 8 nitrogen and oxygen atoms in total. The molecule has 29 heavy (non-hydrogen) atoms. The number of carbonyl (C=O) groups excluding carboxylic acids is 1. The van der Waals surface area contributed by atoms with Crippen molar-refractivity contribution >= 4 is 35.1 Å². The van der Waals surface area contributed by atoms with Gasteiger partial charge >= 0.3 is 6.09 Å². The molecule has 0 saturated carbocycles. The van der Waals surface area contributed by atoms with Crippen molar-refractivity contribution in [1.82, 2.24) is 14.8 Å². The number of nitrogens with one attached hydrogen (secondary N) is 1. The van der Waals surface area contributed by atoms with Crippen LogP contribution < -0.4 is 10.2 Å². The van der Waals surface area contributed by atoms with Gasteiger partial charge in [-0.1, -0.05) is 43.1 Å². The van der Waals surface area contributed by atoms with E-state index in [2.05, 4.69) is 15.4 Å². The largest absolute Gasteiger partial charge is 0.465 e. The number of unbranched alkanes of at least 4 members (excludes halogenated alkanes) is 1. The predicted molar refractivity (Wildman–Crippen MR) is 111 cm³/mol. The fourth-order valence-electron chi connectivity index (χ4n) is 2.69. The van der Waals surface area contributed by atoms with E-state index in [-0.39, 0.29) is 23.1 Å². The highest BCUT2D eigenvalue weighted by Crippen LogP contribution is 2.27. The number of anilines is 2. The maximum absolute atomic E-state index is 12.6. The summed E-state index contributed by atoms with van der Waals surface area (Å²) in [6, 6.07) is 12.3. The van der Waals surface area contributed by atoms with Gasteiger partial charge in [0.2, 0.25) is 0 Å². The first-order chi connectivity index (χ1) is 14.0. The maximum Gasteiger partial charge on any atom is 0.411 e. The SMILES string of the molecule is CCCCN(C(=O)O)c1cn(-c2ccccc2)nc1NC(=O)c1ccc(Cl)nc1. The van der Waals surface area contributed by atoms with E-state index in [1.54, 1.807) is 6.20 Å². The molecule has 1 aromatic carbocycles. The molecule has 150 valence electrons. The molecule has 3 aromatic rings. The minimum atomic E-state index is -1.12.